The number of aliphatic hydroxyl groups is 1. The Kier molecular flexibility index (Phi) is 9.31. The van der Waals surface area contributed by atoms with Crippen molar-refractivity contribution in [3.8, 4) is 11.5 Å². The number of likely N-dealkylation sites (tertiary alicyclic amines) is 1. The van der Waals surface area contributed by atoms with Crippen LogP contribution in [0.15, 0.2) is 48.0 Å². The second kappa shape index (κ2) is 12.7. The number of halogens is 1. The summed E-state index contributed by atoms with van der Waals surface area (Å²) in [6.07, 6.45) is 0.897. The number of methoxy groups -OCH3 is 1. The van der Waals surface area contributed by atoms with Crippen molar-refractivity contribution in [1.82, 2.24) is 9.80 Å². The monoisotopic (exact) mass is 542 g/mol. The van der Waals surface area contributed by atoms with Gasteiger partial charge in [-0.1, -0.05) is 31.5 Å². The number of aliphatic hydroxyl groups excluding tert-OH is 1. The van der Waals surface area contributed by atoms with E-state index in [9.17, 15) is 14.7 Å². The first kappa shape index (κ1) is 28.0. The highest BCUT2D eigenvalue weighted by Gasteiger charge is 2.46. The fourth-order valence-electron chi connectivity index (χ4n) is 4.67. The fraction of sp³-hybridized carbons (Fsp3) is 0.448. The van der Waals surface area contributed by atoms with Gasteiger partial charge in [0.25, 0.3) is 11.7 Å². The number of morpholine rings is 1. The summed E-state index contributed by atoms with van der Waals surface area (Å²) < 4.78 is 17.0. The number of carbonyl (C=O) groups is 2. The van der Waals surface area contributed by atoms with Crippen molar-refractivity contribution in [2.45, 2.75) is 26.3 Å². The van der Waals surface area contributed by atoms with E-state index in [0.717, 1.165) is 19.5 Å². The largest absolute Gasteiger partial charge is 0.507 e. The molecule has 204 valence electrons. The van der Waals surface area contributed by atoms with Gasteiger partial charge in [-0.2, -0.15) is 0 Å². The second-order valence-electron chi connectivity index (χ2n) is 9.89. The molecule has 2 aliphatic heterocycles. The SMILES string of the molecule is COc1cc(C2/C(=C(\O)c3ccc(Cl)cc3)C(=O)C(=O)N2CCN2CCOCC2)ccc1OCCC(C)C. The van der Waals surface area contributed by atoms with E-state index >= 15 is 0 Å². The molecule has 0 saturated carbocycles. The number of ketones is 1. The quantitative estimate of drug-likeness (QED) is 0.268. The van der Waals surface area contributed by atoms with Gasteiger partial charge in [0.2, 0.25) is 0 Å². The van der Waals surface area contributed by atoms with E-state index in [-0.39, 0.29) is 11.3 Å². The highest BCUT2D eigenvalue weighted by Crippen LogP contribution is 2.42. The smallest absolute Gasteiger partial charge is 0.295 e. The Morgan fingerprint density at radius 1 is 1.08 bits per heavy atom. The summed E-state index contributed by atoms with van der Waals surface area (Å²) in [4.78, 5) is 30.4. The van der Waals surface area contributed by atoms with Crippen LogP contribution in [0.4, 0.5) is 0 Å². The maximum absolute atomic E-state index is 13.3. The van der Waals surface area contributed by atoms with E-state index in [1.807, 2.05) is 6.07 Å². The molecular formula is C29H35ClN2O6. The zero-order valence-electron chi connectivity index (χ0n) is 22.1. The zero-order valence-corrected chi connectivity index (χ0v) is 22.9. The molecule has 1 N–H and O–H groups in total. The Morgan fingerprint density at radius 2 is 1.79 bits per heavy atom. The molecule has 0 bridgehead atoms. The van der Waals surface area contributed by atoms with Crippen LogP contribution in [0.1, 0.15) is 37.4 Å². The molecule has 0 aliphatic carbocycles. The third-order valence-corrected chi connectivity index (χ3v) is 7.13. The Hall–Kier alpha value is -3.07. The molecule has 1 amide bonds. The van der Waals surface area contributed by atoms with Crippen molar-refractivity contribution < 1.29 is 28.9 Å². The molecular weight excluding hydrogens is 508 g/mol. The van der Waals surface area contributed by atoms with Crippen LogP contribution in [0, 0.1) is 5.92 Å². The maximum atomic E-state index is 13.3. The fourth-order valence-corrected chi connectivity index (χ4v) is 4.80. The van der Waals surface area contributed by atoms with Crippen LogP contribution in [0.3, 0.4) is 0 Å². The minimum atomic E-state index is -0.787. The summed E-state index contributed by atoms with van der Waals surface area (Å²) in [6, 6.07) is 11.1. The molecule has 2 aromatic carbocycles. The minimum Gasteiger partial charge on any atom is -0.507 e. The highest BCUT2D eigenvalue weighted by molar-refractivity contribution is 6.46. The zero-order chi connectivity index (χ0) is 27.2. The molecule has 8 nitrogen and oxygen atoms in total. The van der Waals surface area contributed by atoms with Gasteiger partial charge in [0.05, 0.1) is 38.5 Å². The first-order chi connectivity index (χ1) is 18.3. The number of ether oxygens (including phenoxy) is 3. The molecule has 2 aliphatic rings. The van der Waals surface area contributed by atoms with E-state index in [4.69, 9.17) is 25.8 Å². The molecule has 0 spiro atoms. The van der Waals surface area contributed by atoms with Crippen molar-refractivity contribution >= 4 is 29.1 Å². The van der Waals surface area contributed by atoms with Gasteiger partial charge in [-0.05, 0) is 54.3 Å². The number of amides is 1. The van der Waals surface area contributed by atoms with E-state index in [1.165, 1.54) is 4.90 Å². The standard InChI is InChI=1S/C29H35ClN2O6/c1-19(2)10-15-38-23-9-6-21(18-24(23)36-3)26-25(27(33)20-4-7-22(30)8-5-20)28(34)29(35)32(26)12-11-31-13-16-37-17-14-31/h4-9,18-19,26,33H,10-17H2,1-3H3/b27-25+. The van der Waals surface area contributed by atoms with Gasteiger partial charge in [0, 0.05) is 36.8 Å². The van der Waals surface area contributed by atoms with Crippen molar-refractivity contribution in [1.29, 1.82) is 0 Å². The summed E-state index contributed by atoms with van der Waals surface area (Å²) in [6.45, 7) is 8.49. The molecule has 2 fully saturated rings. The summed E-state index contributed by atoms with van der Waals surface area (Å²) in [5.74, 6) is -0.0264. The lowest BCUT2D eigenvalue weighted by Gasteiger charge is -2.31. The lowest BCUT2D eigenvalue weighted by molar-refractivity contribution is -0.140. The van der Waals surface area contributed by atoms with Gasteiger partial charge in [-0.15, -0.1) is 0 Å². The number of carbonyl (C=O) groups excluding carboxylic acids is 2. The molecule has 0 radical (unpaired) electrons. The lowest BCUT2D eigenvalue weighted by atomic mass is 9.95. The van der Waals surface area contributed by atoms with E-state index in [0.29, 0.717) is 66.5 Å². The van der Waals surface area contributed by atoms with Crippen LogP contribution >= 0.6 is 11.6 Å². The molecule has 2 heterocycles. The number of nitrogens with zero attached hydrogens (tertiary/aromatic N) is 2. The second-order valence-corrected chi connectivity index (χ2v) is 10.3. The minimum absolute atomic E-state index is 0.0369. The third kappa shape index (κ3) is 6.31. The Labute approximate surface area is 228 Å². The molecule has 2 saturated heterocycles. The van der Waals surface area contributed by atoms with Crippen LogP contribution in [-0.4, -0.2) is 79.7 Å². The van der Waals surface area contributed by atoms with Crippen LogP contribution in [0.25, 0.3) is 5.76 Å². The average molecular weight is 543 g/mol. The third-order valence-electron chi connectivity index (χ3n) is 6.87. The van der Waals surface area contributed by atoms with Gasteiger partial charge >= 0.3 is 0 Å². The predicted molar refractivity (Wildman–Crippen MR) is 146 cm³/mol. The number of hydrogen-bond acceptors (Lipinski definition) is 7. The first-order valence-corrected chi connectivity index (χ1v) is 13.3. The van der Waals surface area contributed by atoms with Crippen LogP contribution < -0.4 is 9.47 Å². The van der Waals surface area contributed by atoms with Gasteiger partial charge < -0.3 is 24.2 Å². The van der Waals surface area contributed by atoms with Crippen molar-refractivity contribution in [3.05, 3.63) is 64.2 Å². The van der Waals surface area contributed by atoms with E-state index < -0.39 is 17.7 Å². The molecule has 38 heavy (non-hydrogen) atoms. The highest BCUT2D eigenvalue weighted by atomic mass is 35.5. The number of Topliss-reactive ketones (excluding diaryl/α,β-unsaturated/α-hetero) is 1. The lowest BCUT2D eigenvalue weighted by Crippen LogP contribution is -2.42. The first-order valence-electron chi connectivity index (χ1n) is 12.9. The maximum Gasteiger partial charge on any atom is 0.295 e. The molecule has 1 unspecified atom stereocenters. The topological polar surface area (TPSA) is 88.5 Å². The predicted octanol–water partition coefficient (Wildman–Crippen LogP) is 4.53. The summed E-state index contributed by atoms with van der Waals surface area (Å²) in [5.41, 5.74) is 1.09. The van der Waals surface area contributed by atoms with Gasteiger partial charge in [-0.25, -0.2) is 0 Å². The van der Waals surface area contributed by atoms with E-state index in [2.05, 4.69) is 18.7 Å². The Bertz CT molecular complexity index is 1170. The molecule has 0 aromatic heterocycles. The molecule has 2 aromatic rings. The summed E-state index contributed by atoms with van der Waals surface area (Å²) in [7, 11) is 1.55. The van der Waals surface area contributed by atoms with Crippen molar-refractivity contribution in [3.63, 3.8) is 0 Å². The number of hydrogen-bond donors (Lipinski definition) is 1. The summed E-state index contributed by atoms with van der Waals surface area (Å²) >= 11 is 6.03. The van der Waals surface area contributed by atoms with Crippen LogP contribution in [0.5, 0.6) is 11.5 Å². The van der Waals surface area contributed by atoms with Crippen LogP contribution in [0.2, 0.25) is 5.02 Å². The molecule has 9 heteroatoms. The van der Waals surface area contributed by atoms with Crippen molar-refractivity contribution in [2.75, 3.05) is 53.1 Å². The summed E-state index contributed by atoms with van der Waals surface area (Å²) in [5, 5.41) is 11.8. The molecule has 1 atom stereocenters. The van der Waals surface area contributed by atoms with Gasteiger partial charge in [-0.3, -0.25) is 14.5 Å². The van der Waals surface area contributed by atoms with Crippen LogP contribution in [-0.2, 0) is 14.3 Å². The van der Waals surface area contributed by atoms with Gasteiger partial charge in [0.15, 0.2) is 11.5 Å². The normalized spacial score (nSPS) is 19.8. The molecule has 4 rings (SSSR count). The van der Waals surface area contributed by atoms with Crippen molar-refractivity contribution in [2.24, 2.45) is 5.92 Å². The number of benzene rings is 2. The van der Waals surface area contributed by atoms with E-state index in [1.54, 1.807) is 43.5 Å². The van der Waals surface area contributed by atoms with Gasteiger partial charge in [0.1, 0.15) is 5.76 Å². The number of rotatable bonds is 10. The Morgan fingerprint density at radius 3 is 2.45 bits per heavy atom. The average Bonchev–Trinajstić information content (AvgIpc) is 3.17. The Balaban J connectivity index is 1.72.